The third-order valence-electron chi connectivity index (χ3n) is 2.85. The van der Waals surface area contributed by atoms with Gasteiger partial charge in [-0.1, -0.05) is 18.2 Å². The van der Waals surface area contributed by atoms with Gasteiger partial charge in [0, 0.05) is 17.8 Å². The number of benzene rings is 1. The van der Waals surface area contributed by atoms with Crippen LogP contribution >= 0.6 is 11.5 Å². The van der Waals surface area contributed by atoms with Crippen molar-refractivity contribution in [3.63, 3.8) is 0 Å². The van der Waals surface area contributed by atoms with Crippen molar-refractivity contribution in [1.29, 1.82) is 0 Å². The van der Waals surface area contributed by atoms with Crippen molar-refractivity contribution in [3.8, 4) is 0 Å². The van der Waals surface area contributed by atoms with Crippen molar-refractivity contribution in [2.45, 2.75) is 12.3 Å². The van der Waals surface area contributed by atoms with Crippen LogP contribution in [0, 0.1) is 0 Å². The molecule has 14 heavy (non-hydrogen) atoms. The normalized spacial score (nSPS) is 21.9. The summed E-state index contributed by atoms with van der Waals surface area (Å²) in [6.07, 6.45) is 1.23. The summed E-state index contributed by atoms with van der Waals surface area (Å²) in [6, 6.07) is 8.52. The molecule has 3 rings (SSSR count). The smallest absolute Gasteiger partial charge is 0.0664 e. The molecule has 0 spiro atoms. The largest absolute Gasteiger partial charge is 0.316 e. The Bertz CT molecular complexity index is 443. The topological polar surface area (TPSA) is 24.9 Å². The molecule has 72 valence electrons. The second-order valence-electron chi connectivity index (χ2n) is 3.75. The number of fused-ring (bicyclic) bond motifs is 1. The van der Waals surface area contributed by atoms with Gasteiger partial charge in [-0.15, -0.1) is 0 Å². The molecule has 0 amide bonds. The molecule has 1 aliphatic heterocycles. The van der Waals surface area contributed by atoms with Gasteiger partial charge in [0.2, 0.25) is 0 Å². The third kappa shape index (κ3) is 1.24. The Morgan fingerprint density at radius 3 is 3.14 bits per heavy atom. The van der Waals surface area contributed by atoms with Crippen LogP contribution in [0.5, 0.6) is 0 Å². The Balaban J connectivity index is 2.11. The van der Waals surface area contributed by atoms with Gasteiger partial charge in [-0.05, 0) is 30.6 Å². The van der Waals surface area contributed by atoms with E-state index in [9.17, 15) is 0 Å². The standard InChI is InChI=1S/C11H12N2S/c1-2-4-10-9(3-1)11(13-14-10)8-5-6-12-7-8/h1-4,8,12H,5-7H2/t8-/m1/s1. The maximum Gasteiger partial charge on any atom is 0.0664 e. The van der Waals surface area contributed by atoms with Crippen molar-refractivity contribution in [3.05, 3.63) is 30.0 Å². The molecular formula is C11H12N2S. The maximum atomic E-state index is 4.58. The Labute approximate surface area is 87.1 Å². The Morgan fingerprint density at radius 1 is 1.36 bits per heavy atom. The van der Waals surface area contributed by atoms with Crippen LogP contribution in [0.4, 0.5) is 0 Å². The SMILES string of the molecule is c1ccc2c([C@@H]3CCNC3)nsc2c1. The number of nitrogens with one attached hydrogen (secondary N) is 1. The third-order valence-corrected chi connectivity index (χ3v) is 3.69. The van der Waals surface area contributed by atoms with Crippen molar-refractivity contribution in [2.75, 3.05) is 13.1 Å². The van der Waals surface area contributed by atoms with E-state index in [1.807, 2.05) is 0 Å². The number of hydrogen-bond donors (Lipinski definition) is 1. The van der Waals surface area contributed by atoms with Crippen LogP contribution in [0.3, 0.4) is 0 Å². The lowest BCUT2D eigenvalue weighted by molar-refractivity contribution is 0.752. The summed E-state index contributed by atoms with van der Waals surface area (Å²) in [7, 11) is 0. The lowest BCUT2D eigenvalue weighted by atomic mass is 10.0. The molecular weight excluding hydrogens is 192 g/mol. The highest BCUT2D eigenvalue weighted by Crippen LogP contribution is 2.30. The number of rotatable bonds is 1. The van der Waals surface area contributed by atoms with E-state index in [0.29, 0.717) is 5.92 Å². The Kier molecular flexibility index (Phi) is 2.00. The van der Waals surface area contributed by atoms with E-state index in [1.165, 1.54) is 22.2 Å². The molecule has 1 aromatic heterocycles. The molecule has 1 atom stereocenters. The summed E-state index contributed by atoms with van der Waals surface area (Å²) < 4.78 is 5.89. The molecule has 1 N–H and O–H groups in total. The summed E-state index contributed by atoms with van der Waals surface area (Å²) in [5.41, 5.74) is 1.30. The molecule has 3 heteroatoms. The first kappa shape index (κ1) is 8.38. The minimum absolute atomic E-state index is 0.631. The molecule has 2 heterocycles. The molecule has 1 aliphatic rings. The fourth-order valence-corrected chi connectivity index (χ4v) is 2.94. The van der Waals surface area contributed by atoms with Crippen LogP contribution in [0.15, 0.2) is 24.3 Å². The quantitative estimate of drug-likeness (QED) is 0.771. The monoisotopic (exact) mass is 204 g/mol. The molecule has 1 fully saturated rings. The highest BCUT2D eigenvalue weighted by Gasteiger charge is 2.20. The van der Waals surface area contributed by atoms with Gasteiger partial charge < -0.3 is 5.32 Å². The average Bonchev–Trinajstić information content (AvgIpc) is 2.85. The van der Waals surface area contributed by atoms with Crippen LogP contribution in [-0.4, -0.2) is 17.5 Å². The van der Waals surface area contributed by atoms with Gasteiger partial charge in [-0.3, -0.25) is 0 Å². The van der Waals surface area contributed by atoms with Crippen LogP contribution in [0.2, 0.25) is 0 Å². The van der Waals surface area contributed by atoms with E-state index in [4.69, 9.17) is 0 Å². The van der Waals surface area contributed by atoms with E-state index < -0.39 is 0 Å². The predicted octanol–water partition coefficient (Wildman–Crippen LogP) is 2.37. The van der Waals surface area contributed by atoms with Gasteiger partial charge in [-0.25, -0.2) is 0 Å². The summed E-state index contributed by atoms with van der Waals surface area (Å²) in [6.45, 7) is 2.23. The van der Waals surface area contributed by atoms with Gasteiger partial charge in [0.15, 0.2) is 0 Å². The van der Waals surface area contributed by atoms with E-state index >= 15 is 0 Å². The Hall–Kier alpha value is -0.930. The van der Waals surface area contributed by atoms with Gasteiger partial charge in [0.25, 0.3) is 0 Å². The first-order chi connectivity index (χ1) is 6.95. The van der Waals surface area contributed by atoms with E-state index in [-0.39, 0.29) is 0 Å². The van der Waals surface area contributed by atoms with E-state index in [0.717, 1.165) is 13.1 Å². The fourth-order valence-electron chi connectivity index (χ4n) is 2.09. The molecule has 1 saturated heterocycles. The zero-order valence-electron chi connectivity index (χ0n) is 7.86. The molecule has 2 aromatic rings. The first-order valence-electron chi connectivity index (χ1n) is 5.00. The Morgan fingerprint density at radius 2 is 2.29 bits per heavy atom. The van der Waals surface area contributed by atoms with Gasteiger partial charge >= 0.3 is 0 Å². The summed E-state index contributed by atoms with van der Waals surface area (Å²) in [4.78, 5) is 0. The molecule has 1 aromatic carbocycles. The first-order valence-corrected chi connectivity index (χ1v) is 5.77. The maximum absolute atomic E-state index is 4.58. The van der Waals surface area contributed by atoms with Crippen LogP contribution in [0.1, 0.15) is 18.0 Å². The zero-order valence-corrected chi connectivity index (χ0v) is 8.68. The number of nitrogens with zero attached hydrogens (tertiary/aromatic N) is 1. The molecule has 0 bridgehead atoms. The van der Waals surface area contributed by atoms with Gasteiger partial charge in [0.05, 0.1) is 10.4 Å². The van der Waals surface area contributed by atoms with Gasteiger partial charge in [-0.2, -0.15) is 4.37 Å². The molecule has 2 nitrogen and oxygen atoms in total. The summed E-state index contributed by atoms with van der Waals surface area (Å²) >= 11 is 1.62. The zero-order chi connectivity index (χ0) is 9.38. The van der Waals surface area contributed by atoms with Crippen molar-refractivity contribution in [1.82, 2.24) is 9.69 Å². The fraction of sp³-hybridized carbons (Fsp3) is 0.364. The molecule has 0 radical (unpaired) electrons. The lowest BCUT2D eigenvalue weighted by Crippen LogP contribution is -2.08. The summed E-state index contributed by atoms with van der Waals surface area (Å²) in [5, 5.41) is 4.74. The molecule has 0 saturated carbocycles. The van der Waals surface area contributed by atoms with Crippen LogP contribution in [0.25, 0.3) is 10.1 Å². The number of hydrogen-bond acceptors (Lipinski definition) is 3. The van der Waals surface area contributed by atoms with Crippen LogP contribution in [-0.2, 0) is 0 Å². The minimum Gasteiger partial charge on any atom is -0.316 e. The second-order valence-corrected chi connectivity index (χ2v) is 4.56. The minimum atomic E-state index is 0.631. The molecule has 0 aliphatic carbocycles. The molecule has 0 unspecified atom stereocenters. The van der Waals surface area contributed by atoms with E-state index in [1.54, 1.807) is 11.5 Å². The van der Waals surface area contributed by atoms with E-state index in [2.05, 4.69) is 34.0 Å². The average molecular weight is 204 g/mol. The summed E-state index contributed by atoms with van der Waals surface area (Å²) in [5.74, 6) is 0.631. The highest BCUT2D eigenvalue weighted by molar-refractivity contribution is 7.13. The second kappa shape index (κ2) is 3.33. The van der Waals surface area contributed by atoms with Crippen molar-refractivity contribution >= 4 is 21.6 Å². The predicted molar refractivity (Wildman–Crippen MR) is 59.8 cm³/mol. The van der Waals surface area contributed by atoms with Gasteiger partial charge in [0.1, 0.15) is 0 Å². The van der Waals surface area contributed by atoms with Crippen LogP contribution < -0.4 is 5.32 Å². The highest BCUT2D eigenvalue weighted by atomic mass is 32.1. The van der Waals surface area contributed by atoms with Crippen molar-refractivity contribution in [2.24, 2.45) is 0 Å². The van der Waals surface area contributed by atoms with Crippen molar-refractivity contribution < 1.29 is 0 Å². The number of aromatic nitrogens is 1. The lowest BCUT2D eigenvalue weighted by Gasteiger charge is -2.03.